The molecule has 1 unspecified atom stereocenters. The normalized spacial score (nSPS) is 17.3. The quantitative estimate of drug-likeness (QED) is 0.943. The van der Waals surface area contributed by atoms with Gasteiger partial charge < -0.3 is 9.88 Å². The van der Waals surface area contributed by atoms with E-state index in [4.69, 9.17) is 0 Å². The second-order valence-electron chi connectivity index (χ2n) is 6.32. The number of hydrogen-bond donors (Lipinski definition) is 1. The van der Waals surface area contributed by atoms with E-state index in [1.807, 2.05) is 30.3 Å². The van der Waals surface area contributed by atoms with Gasteiger partial charge in [0.2, 0.25) is 5.91 Å². The molecule has 0 spiro atoms. The lowest BCUT2D eigenvalue weighted by Crippen LogP contribution is -2.41. The van der Waals surface area contributed by atoms with Crippen molar-refractivity contribution in [2.24, 2.45) is 5.92 Å². The molecule has 1 aromatic carbocycles. The summed E-state index contributed by atoms with van der Waals surface area (Å²) >= 11 is 0. The molecule has 2 aromatic rings. The zero-order valence-corrected chi connectivity index (χ0v) is 13.1. The minimum atomic E-state index is 0.137. The third-order valence-corrected chi connectivity index (χ3v) is 3.94. The number of benzene rings is 1. The summed E-state index contributed by atoms with van der Waals surface area (Å²) in [7, 11) is 0. The van der Waals surface area contributed by atoms with Crippen molar-refractivity contribution >= 4 is 5.91 Å². The topological polar surface area (TPSA) is 59.8 Å². The molecule has 1 N–H and O–H groups in total. The standard InChI is InChI=1S/C17H22N4O/c1-12(2)10-16(22)18-14-8-9-15-19-20-17(21(15)11-14)13-6-4-3-5-7-13/h3-7,12,14H,8-11H2,1-2H3,(H,18,22). The molecular weight excluding hydrogens is 276 g/mol. The summed E-state index contributed by atoms with van der Waals surface area (Å²) in [6.07, 6.45) is 2.36. The Morgan fingerprint density at radius 2 is 2.09 bits per heavy atom. The highest BCUT2D eigenvalue weighted by Crippen LogP contribution is 2.23. The van der Waals surface area contributed by atoms with Gasteiger partial charge in [0, 0.05) is 31.0 Å². The van der Waals surface area contributed by atoms with Gasteiger partial charge in [0.25, 0.3) is 0 Å². The number of amides is 1. The second kappa shape index (κ2) is 6.30. The maximum absolute atomic E-state index is 12.0. The van der Waals surface area contributed by atoms with Crippen LogP contribution < -0.4 is 5.32 Å². The lowest BCUT2D eigenvalue weighted by Gasteiger charge is -2.25. The first-order valence-electron chi connectivity index (χ1n) is 7.90. The number of nitrogens with zero attached hydrogens (tertiary/aromatic N) is 3. The number of aryl methyl sites for hydroxylation is 1. The van der Waals surface area contributed by atoms with Crippen LogP contribution in [0.3, 0.4) is 0 Å². The van der Waals surface area contributed by atoms with Crippen LogP contribution in [0.25, 0.3) is 11.4 Å². The second-order valence-corrected chi connectivity index (χ2v) is 6.32. The van der Waals surface area contributed by atoms with Crippen LogP contribution in [-0.2, 0) is 17.8 Å². The highest BCUT2D eigenvalue weighted by atomic mass is 16.1. The molecule has 0 aliphatic carbocycles. The van der Waals surface area contributed by atoms with Crippen molar-refractivity contribution in [3.8, 4) is 11.4 Å². The molecule has 0 saturated carbocycles. The Hall–Kier alpha value is -2.17. The van der Waals surface area contributed by atoms with Crippen LogP contribution in [0.5, 0.6) is 0 Å². The highest BCUT2D eigenvalue weighted by Gasteiger charge is 2.24. The van der Waals surface area contributed by atoms with Crippen LogP contribution >= 0.6 is 0 Å². The van der Waals surface area contributed by atoms with Crippen LogP contribution in [0.4, 0.5) is 0 Å². The van der Waals surface area contributed by atoms with Crippen molar-refractivity contribution in [1.29, 1.82) is 0 Å². The SMILES string of the molecule is CC(C)CC(=O)NC1CCc2nnc(-c3ccccc3)n2C1. The van der Waals surface area contributed by atoms with E-state index >= 15 is 0 Å². The Morgan fingerprint density at radius 3 is 2.82 bits per heavy atom. The Bertz CT molecular complexity index is 648. The number of carbonyl (C=O) groups excluding carboxylic acids is 1. The predicted octanol–water partition coefficient (Wildman–Crippen LogP) is 2.42. The fraction of sp³-hybridized carbons (Fsp3) is 0.471. The van der Waals surface area contributed by atoms with Gasteiger partial charge in [0.05, 0.1) is 0 Å². The number of aromatic nitrogens is 3. The van der Waals surface area contributed by atoms with Gasteiger partial charge in [-0.2, -0.15) is 0 Å². The third kappa shape index (κ3) is 3.18. The predicted molar refractivity (Wildman–Crippen MR) is 85.2 cm³/mol. The zero-order valence-electron chi connectivity index (χ0n) is 13.1. The average Bonchev–Trinajstić information content (AvgIpc) is 2.90. The van der Waals surface area contributed by atoms with E-state index in [-0.39, 0.29) is 11.9 Å². The van der Waals surface area contributed by atoms with Crippen LogP contribution in [-0.4, -0.2) is 26.7 Å². The summed E-state index contributed by atoms with van der Waals surface area (Å²) in [6, 6.07) is 10.2. The minimum absolute atomic E-state index is 0.137. The fourth-order valence-corrected chi connectivity index (χ4v) is 2.90. The van der Waals surface area contributed by atoms with E-state index in [0.29, 0.717) is 12.3 Å². The van der Waals surface area contributed by atoms with Crippen LogP contribution in [0.1, 0.15) is 32.5 Å². The van der Waals surface area contributed by atoms with E-state index in [0.717, 1.165) is 36.6 Å². The van der Waals surface area contributed by atoms with Gasteiger partial charge in [-0.1, -0.05) is 44.2 Å². The maximum atomic E-state index is 12.0. The molecule has 5 heteroatoms. The van der Waals surface area contributed by atoms with Crippen LogP contribution in [0.15, 0.2) is 30.3 Å². The van der Waals surface area contributed by atoms with Crippen LogP contribution in [0, 0.1) is 5.92 Å². The Labute approximate surface area is 130 Å². The van der Waals surface area contributed by atoms with E-state index in [2.05, 4.69) is 33.9 Å². The molecule has 0 saturated heterocycles. The first kappa shape index (κ1) is 14.8. The zero-order chi connectivity index (χ0) is 15.5. The van der Waals surface area contributed by atoms with Crippen molar-refractivity contribution in [3.05, 3.63) is 36.2 Å². The summed E-state index contributed by atoms with van der Waals surface area (Å²) in [5.74, 6) is 2.42. The van der Waals surface area contributed by atoms with Crippen molar-refractivity contribution in [1.82, 2.24) is 20.1 Å². The molecule has 116 valence electrons. The van der Waals surface area contributed by atoms with Gasteiger partial charge in [-0.25, -0.2) is 0 Å². The van der Waals surface area contributed by atoms with Crippen molar-refractivity contribution in [2.75, 3.05) is 0 Å². The molecule has 0 fully saturated rings. The molecule has 1 atom stereocenters. The molecule has 0 radical (unpaired) electrons. The molecule has 2 heterocycles. The average molecular weight is 298 g/mol. The lowest BCUT2D eigenvalue weighted by molar-refractivity contribution is -0.122. The largest absolute Gasteiger partial charge is 0.352 e. The van der Waals surface area contributed by atoms with Gasteiger partial charge in [-0.3, -0.25) is 4.79 Å². The first-order valence-corrected chi connectivity index (χ1v) is 7.90. The minimum Gasteiger partial charge on any atom is -0.352 e. The van der Waals surface area contributed by atoms with E-state index in [1.165, 1.54) is 0 Å². The van der Waals surface area contributed by atoms with Crippen molar-refractivity contribution in [3.63, 3.8) is 0 Å². The van der Waals surface area contributed by atoms with Gasteiger partial charge in [0.1, 0.15) is 5.82 Å². The maximum Gasteiger partial charge on any atom is 0.220 e. The highest BCUT2D eigenvalue weighted by molar-refractivity contribution is 5.76. The number of carbonyl (C=O) groups is 1. The molecule has 3 rings (SSSR count). The monoisotopic (exact) mass is 298 g/mol. The number of fused-ring (bicyclic) bond motifs is 1. The summed E-state index contributed by atoms with van der Waals surface area (Å²) in [6.45, 7) is 4.87. The third-order valence-electron chi connectivity index (χ3n) is 3.94. The molecule has 1 aliphatic rings. The molecule has 22 heavy (non-hydrogen) atoms. The first-order chi connectivity index (χ1) is 10.6. The van der Waals surface area contributed by atoms with Gasteiger partial charge in [0.15, 0.2) is 5.82 Å². The summed E-state index contributed by atoms with van der Waals surface area (Å²) in [5, 5.41) is 11.8. The van der Waals surface area contributed by atoms with Gasteiger partial charge in [-0.05, 0) is 12.3 Å². The van der Waals surface area contributed by atoms with Crippen molar-refractivity contribution in [2.45, 2.75) is 45.7 Å². The summed E-state index contributed by atoms with van der Waals surface area (Å²) in [4.78, 5) is 12.0. The van der Waals surface area contributed by atoms with Gasteiger partial charge in [-0.15, -0.1) is 10.2 Å². The molecular formula is C17H22N4O. The van der Waals surface area contributed by atoms with E-state index < -0.39 is 0 Å². The smallest absolute Gasteiger partial charge is 0.220 e. The number of rotatable bonds is 4. The molecule has 1 aliphatic heterocycles. The Kier molecular flexibility index (Phi) is 4.22. The van der Waals surface area contributed by atoms with Crippen LogP contribution in [0.2, 0.25) is 0 Å². The Balaban J connectivity index is 1.75. The lowest BCUT2D eigenvalue weighted by atomic mass is 10.0. The number of nitrogens with one attached hydrogen (secondary N) is 1. The summed E-state index contributed by atoms with van der Waals surface area (Å²) < 4.78 is 2.14. The van der Waals surface area contributed by atoms with Crippen molar-refractivity contribution < 1.29 is 4.79 Å². The molecule has 0 bridgehead atoms. The molecule has 5 nitrogen and oxygen atoms in total. The molecule has 1 aromatic heterocycles. The fourth-order valence-electron chi connectivity index (χ4n) is 2.90. The molecule has 1 amide bonds. The Morgan fingerprint density at radius 1 is 1.32 bits per heavy atom. The van der Waals surface area contributed by atoms with E-state index in [9.17, 15) is 4.79 Å². The number of hydrogen-bond acceptors (Lipinski definition) is 3. The summed E-state index contributed by atoms with van der Waals surface area (Å²) in [5.41, 5.74) is 1.07. The van der Waals surface area contributed by atoms with E-state index in [1.54, 1.807) is 0 Å². The van der Waals surface area contributed by atoms with Gasteiger partial charge >= 0.3 is 0 Å².